The molecular weight excluding hydrogens is 420 g/mol. The predicted molar refractivity (Wildman–Crippen MR) is 112 cm³/mol. The summed E-state index contributed by atoms with van der Waals surface area (Å²) in [5.41, 5.74) is 0.278. The van der Waals surface area contributed by atoms with E-state index in [0.717, 1.165) is 6.42 Å². The summed E-state index contributed by atoms with van der Waals surface area (Å²) < 4.78 is 5.77. The van der Waals surface area contributed by atoms with Crippen LogP contribution in [0, 0.1) is 0 Å². The Labute approximate surface area is 184 Å². The van der Waals surface area contributed by atoms with Crippen molar-refractivity contribution in [3.63, 3.8) is 0 Å². The minimum atomic E-state index is -0.495. The van der Waals surface area contributed by atoms with E-state index >= 15 is 0 Å². The maximum absolute atomic E-state index is 13.0. The molecule has 2 aromatic rings. The number of carbonyl (C=O) groups is 3. The predicted octanol–water partition coefficient (Wildman–Crippen LogP) is 2.23. The van der Waals surface area contributed by atoms with Gasteiger partial charge in [-0.25, -0.2) is 4.98 Å². The molecule has 0 radical (unpaired) electrons. The molecule has 1 aromatic heterocycles. The van der Waals surface area contributed by atoms with Gasteiger partial charge in [0.1, 0.15) is 23.4 Å². The number of rotatable bonds is 4. The Hall–Kier alpha value is -3.13. The Morgan fingerprint density at radius 3 is 2.68 bits per heavy atom. The number of amides is 3. The molecule has 1 N–H and O–H groups in total. The minimum absolute atomic E-state index is 0.00742. The van der Waals surface area contributed by atoms with Crippen LogP contribution < -0.4 is 10.1 Å². The smallest absolute Gasteiger partial charge is 0.257 e. The average molecular weight is 441 g/mol. The first-order valence-electron chi connectivity index (χ1n) is 10.3. The number of hydrogen-bond acceptors (Lipinski definition) is 5. The van der Waals surface area contributed by atoms with E-state index in [-0.39, 0.29) is 41.2 Å². The van der Waals surface area contributed by atoms with Crippen molar-refractivity contribution < 1.29 is 19.1 Å². The fourth-order valence-corrected chi connectivity index (χ4v) is 4.74. The quantitative estimate of drug-likeness (QED) is 0.787. The number of carbonyl (C=O) groups excluding carboxylic acids is 3. The van der Waals surface area contributed by atoms with E-state index in [9.17, 15) is 14.4 Å². The number of piperazine rings is 1. The molecule has 0 unspecified atom stereocenters. The number of benzene rings is 1. The molecule has 3 amide bonds. The molecule has 3 aliphatic rings. The largest absolute Gasteiger partial charge is 0.438 e. The van der Waals surface area contributed by atoms with E-state index in [1.165, 1.54) is 0 Å². The average Bonchev–Trinajstić information content (AvgIpc) is 3.42. The molecule has 31 heavy (non-hydrogen) atoms. The van der Waals surface area contributed by atoms with Crippen molar-refractivity contribution in [2.45, 2.75) is 37.4 Å². The molecule has 3 saturated heterocycles. The molecule has 3 atom stereocenters. The highest BCUT2D eigenvalue weighted by Gasteiger charge is 2.51. The second-order valence-electron chi connectivity index (χ2n) is 8.01. The fraction of sp³-hybridized carbons (Fsp3) is 0.364. The summed E-state index contributed by atoms with van der Waals surface area (Å²) in [6.07, 6.45) is 3.53. The van der Waals surface area contributed by atoms with Crippen LogP contribution in [0.25, 0.3) is 0 Å². The van der Waals surface area contributed by atoms with Crippen LogP contribution in [0.2, 0.25) is 5.02 Å². The van der Waals surface area contributed by atoms with Crippen molar-refractivity contribution in [2.75, 3.05) is 13.1 Å². The van der Waals surface area contributed by atoms with Gasteiger partial charge in [-0.3, -0.25) is 14.4 Å². The number of halogens is 1. The SMILES string of the molecule is O=C(N[C@H]1C[C@H]2C(=O)N3CCC[C@@H]3C(=O)N2C1)c1cccnc1Oc1ccc(Cl)cc1. The molecule has 3 aliphatic heterocycles. The van der Waals surface area contributed by atoms with Crippen LogP contribution in [0.5, 0.6) is 11.6 Å². The highest BCUT2D eigenvalue weighted by Crippen LogP contribution is 2.32. The number of nitrogens with zero attached hydrogens (tertiary/aromatic N) is 3. The van der Waals surface area contributed by atoms with Crippen LogP contribution >= 0.6 is 11.6 Å². The molecule has 0 saturated carbocycles. The van der Waals surface area contributed by atoms with E-state index in [0.29, 0.717) is 36.7 Å². The normalized spacial score (nSPS) is 24.7. The first kappa shape index (κ1) is 19.8. The Morgan fingerprint density at radius 1 is 1.10 bits per heavy atom. The first-order valence-corrected chi connectivity index (χ1v) is 10.7. The van der Waals surface area contributed by atoms with Gasteiger partial charge < -0.3 is 19.9 Å². The molecule has 1 aromatic carbocycles. The van der Waals surface area contributed by atoms with Gasteiger partial charge in [0.25, 0.3) is 5.91 Å². The van der Waals surface area contributed by atoms with Crippen molar-refractivity contribution in [1.82, 2.24) is 20.1 Å². The lowest BCUT2D eigenvalue weighted by Gasteiger charge is -2.38. The molecule has 5 rings (SSSR count). The van der Waals surface area contributed by atoms with Gasteiger partial charge in [0.15, 0.2) is 0 Å². The highest BCUT2D eigenvalue weighted by atomic mass is 35.5. The van der Waals surface area contributed by atoms with Crippen molar-refractivity contribution >= 4 is 29.3 Å². The van der Waals surface area contributed by atoms with Gasteiger partial charge in [0.2, 0.25) is 17.7 Å². The molecule has 9 heteroatoms. The number of pyridine rings is 1. The van der Waals surface area contributed by atoms with Crippen LogP contribution in [0.1, 0.15) is 29.6 Å². The Balaban J connectivity index is 1.30. The zero-order chi connectivity index (χ0) is 21.5. The summed E-state index contributed by atoms with van der Waals surface area (Å²) in [6, 6.07) is 8.90. The maximum atomic E-state index is 13.0. The third-order valence-corrected chi connectivity index (χ3v) is 6.32. The summed E-state index contributed by atoms with van der Waals surface area (Å²) in [5.74, 6) is 0.305. The van der Waals surface area contributed by atoms with Crippen molar-refractivity contribution in [3.8, 4) is 11.6 Å². The first-order chi connectivity index (χ1) is 15.0. The van der Waals surface area contributed by atoms with Crippen molar-refractivity contribution in [1.29, 1.82) is 0 Å². The Morgan fingerprint density at radius 2 is 1.87 bits per heavy atom. The third-order valence-electron chi connectivity index (χ3n) is 6.07. The summed E-state index contributed by atoms with van der Waals surface area (Å²) in [5, 5.41) is 3.53. The number of fused-ring (bicyclic) bond motifs is 2. The van der Waals surface area contributed by atoms with Gasteiger partial charge in [-0.05, 0) is 55.7 Å². The van der Waals surface area contributed by atoms with Gasteiger partial charge in [0.05, 0.1) is 0 Å². The van der Waals surface area contributed by atoms with Gasteiger partial charge >= 0.3 is 0 Å². The molecular formula is C22H21ClN4O4. The van der Waals surface area contributed by atoms with Crippen molar-refractivity contribution in [3.05, 3.63) is 53.2 Å². The van der Waals surface area contributed by atoms with Crippen molar-refractivity contribution in [2.24, 2.45) is 0 Å². The molecule has 0 spiro atoms. The number of ether oxygens (including phenoxy) is 1. The zero-order valence-electron chi connectivity index (χ0n) is 16.7. The molecule has 4 heterocycles. The Kier molecular flexibility index (Phi) is 5.02. The monoisotopic (exact) mass is 440 g/mol. The van der Waals surface area contributed by atoms with E-state index < -0.39 is 6.04 Å². The summed E-state index contributed by atoms with van der Waals surface area (Å²) in [7, 11) is 0. The van der Waals surface area contributed by atoms with Crippen LogP contribution in [0.15, 0.2) is 42.6 Å². The topological polar surface area (TPSA) is 91.8 Å². The standard InChI is InChI=1S/C22H21ClN4O4/c23-13-5-7-15(8-6-13)31-20-16(3-1-9-24-20)19(28)25-14-11-18-22(30)26-10-2-4-17(26)21(29)27(18)12-14/h1,3,5-9,14,17-18H,2,4,10-12H2,(H,25,28)/t14-,17+,18-/m0/s1. The van der Waals surface area contributed by atoms with E-state index in [2.05, 4.69) is 10.3 Å². The molecule has 160 valence electrons. The second-order valence-corrected chi connectivity index (χ2v) is 8.45. The second kappa shape index (κ2) is 7.85. The lowest BCUT2D eigenvalue weighted by molar-refractivity contribution is -0.156. The van der Waals surface area contributed by atoms with Gasteiger partial charge in [-0.15, -0.1) is 0 Å². The summed E-state index contributed by atoms with van der Waals surface area (Å²) >= 11 is 5.90. The van der Waals surface area contributed by atoms with Gasteiger partial charge in [-0.1, -0.05) is 11.6 Å². The number of aromatic nitrogens is 1. The van der Waals surface area contributed by atoms with E-state index in [1.54, 1.807) is 52.4 Å². The fourth-order valence-electron chi connectivity index (χ4n) is 4.61. The lowest BCUT2D eigenvalue weighted by Crippen LogP contribution is -2.60. The molecule has 0 bridgehead atoms. The summed E-state index contributed by atoms with van der Waals surface area (Å²) in [4.78, 5) is 46.1. The van der Waals surface area contributed by atoms with Gasteiger partial charge in [0, 0.05) is 30.4 Å². The molecule has 0 aliphatic carbocycles. The third kappa shape index (κ3) is 3.61. The zero-order valence-corrected chi connectivity index (χ0v) is 17.4. The lowest BCUT2D eigenvalue weighted by atomic mass is 10.1. The van der Waals surface area contributed by atoms with E-state index in [1.807, 2.05) is 0 Å². The molecule has 8 nitrogen and oxygen atoms in total. The number of nitrogens with one attached hydrogen (secondary N) is 1. The van der Waals surface area contributed by atoms with Crippen LogP contribution in [-0.4, -0.2) is 63.7 Å². The summed E-state index contributed by atoms with van der Waals surface area (Å²) in [6.45, 7) is 0.969. The highest BCUT2D eigenvalue weighted by molar-refractivity contribution is 6.30. The maximum Gasteiger partial charge on any atom is 0.257 e. The molecule has 3 fully saturated rings. The van der Waals surface area contributed by atoms with Crippen LogP contribution in [0.4, 0.5) is 0 Å². The number of hydrogen-bond donors (Lipinski definition) is 1. The Bertz CT molecular complexity index is 1010. The van der Waals surface area contributed by atoms with Crippen LogP contribution in [0.3, 0.4) is 0 Å². The van der Waals surface area contributed by atoms with Gasteiger partial charge in [-0.2, -0.15) is 0 Å². The van der Waals surface area contributed by atoms with Crippen LogP contribution in [-0.2, 0) is 9.59 Å². The minimum Gasteiger partial charge on any atom is -0.438 e. The van der Waals surface area contributed by atoms with E-state index in [4.69, 9.17) is 16.3 Å².